The van der Waals surface area contributed by atoms with E-state index in [2.05, 4.69) is 4.74 Å². The first-order valence-electron chi connectivity index (χ1n) is 13.9. The highest BCUT2D eigenvalue weighted by Crippen LogP contribution is 2.35. The minimum atomic E-state index is -1.18. The molecule has 0 radical (unpaired) electrons. The average molecular weight is 765 g/mol. The molecule has 0 aromatic heterocycles. The van der Waals surface area contributed by atoms with Crippen LogP contribution in [0.3, 0.4) is 0 Å². The summed E-state index contributed by atoms with van der Waals surface area (Å²) in [5.74, 6) is -0.524. The summed E-state index contributed by atoms with van der Waals surface area (Å²) >= 11 is 4.92. The Kier molecular flexibility index (Phi) is 15.6. The van der Waals surface area contributed by atoms with Gasteiger partial charge in [0.25, 0.3) is 22.7 Å². The van der Waals surface area contributed by atoms with Crippen LogP contribution in [0.2, 0.25) is 0 Å². The second kappa shape index (κ2) is 19.8. The minimum Gasteiger partial charge on any atom is -0.504 e. The lowest BCUT2D eigenvalue weighted by Gasteiger charge is -2.09. The van der Waals surface area contributed by atoms with E-state index in [0.29, 0.717) is 0 Å². The highest BCUT2D eigenvalue weighted by molar-refractivity contribution is 6.61. The molecule has 0 spiro atoms. The van der Waals surface area contributed by atoms with Gasteiger partial charge in [-0.05, 0) is 36.4 Å². The first kappa shape index (κ1) is 41.8. The van der Waals surface area contributed by atoms with Crippen LogP contribution in [0.5, 0.6) is 34.5 Å². The summed E-state index contributed by atoms with van der Waals surface area (Å²) in [7, 11) is 2.52. The third-order valence-corrected chi connectivity index (χ3v) is 6.24. The number of carbonyl (C=O) groups excluding carboxylic acids is 2. The third kappa shape index (κ3) is 12.8. The Balaban J connectivity index is 0.000000303. The predicted molar refractivity (Wildman–Crippen MR) is 177 cm³/mol. The Morgan fingerprint density at radius 2 is 1.04 bits per heavy atom. The Hall–Kier alpha value is -7.33. The van der Waals surface area contributed by atoms with Crippen LogP contribution in [-0.4, -0.2) is 60.8 Å². The molecule has 280 valence electrons. The zero-order valence-corrected chi connectivity index (χ0v) is 27.7. The topological polar surface area (TPSA) is 314 Å². The van der Waals surface area contributed by atoms with Gasteiger partial charge in [0.15, 0.2) is 23.0 Å². The van der Waals surface area contributed by atoms with Crippen molar-refractivity contribution in [3.63, 3.8) is 0 Å². The fraction of sp³-hybridized carbons (Fsp3) is 0.133. The molecule has 4 aromatic rings. The van der Waals surface area contributed by atoms with Gasteiger partial charge in [0.1, 0.15) is 18.1 Å². The van der Waals surface area contributed by atoms with Gasteiger partial charge in [0.05, 0.1) is 63.8 Å². The predicted octanol–water partition coefficient (Wildman–Crippen LogP) is 6.07. The number of ether oxygens (including phenoxy) is 5. The Morgan fingerprint density at radius 3 is 1.40 bits per heavy atom. The zero-order valence-electron chi connectivity index (χ0n) is 27.0. The molecule has 3 N–H and O–H groups in total. The number of phenols is 2. The Labute approximate surface area is 300 Å². The van der Waals surface area contributed by atoms with Crippen molar-refractivity contribution in [3.05, 3.63) is 124 Å². The summed E-state index contributed by atoms with van der Waals surface area (Å²) in [5, 5.41) is 70.1. The number of non-ortho nitro benzene ring substituents is 2. The second-order valence-corrected chi connectivity index (χ2v) is 9.77. The molecule has 0 fully saturated rings. The number of phenolic OH excluding ortho intramolecular Hbond substituents is 2. The molecule has 0 aliphatic heterocycles. The zero-order chi connectivity index (χ0) is 39.8. The van der Waals surface area contributed by atoms with E-state index in [-0.39, 0.29) is 62.7 Å². The monoisotopic (exact) mass is 764 g/mol. The van der Waals surface area contributed by atoms with E-state index < -0.39 is 50.2 Å². The number of hydrogen-bond donors (Lipinski definition) is 3. The van der Waals surface area contributed by atoms with Crippen molar-refractivity contribution in [3.8, 4) is 34.5 Å². The molecule has 0 unspecified atom stereocenters. The van der Waals surface area contributed by atoms with Crippen molar-refractivity contribution >= 4 is 45.9 Å². The van der Waals surface area contributed by atoms with Crippen molar-refractivity contribution < 1.29 is 68.3 Å². The highest BCUT2D eigenvalue weighted by Gasteiger charge is 2.21. The summed E-state index contributed by atoms with van der Waals surface area (Å²) in [6.45, 7) is -1.05. The molecular formula is C30H25ClN4O18. The molecule has 0 aliphatic carbocycles. The molecular weight excluding hydrogens is 740 g/mol. The minimum absolute atomic E-state index is 0.00678. The number of hydrogen-bond acceptors (Lipinski definition) is 18. The van der Waals surface area contributed by atoms with E-state index >= 15 is 0 Å². The fourth-order valence-corrected chi connectivity index (χ4v) is 3.83. The number of aromatic hydroxyl groups is 2. The summed E-state index contributed by atoms with van der Waals surface area (Å²) in [6, 6.07) is 13.9. The number of carbonyl (C=O) groups is 2. The van der Waals surface area contributed by atoms with Crippen LogP contribution in [-0.2, 0) is 18.0 Å². The molecule has 0 atom stereocenters. The molecule has 4 aromatic carbocycles. The molecule has 0 amide bonds. The smallest absolute Gasteiger partial charge is 0.504 e. The van der Waals surface area contributed by atoms with E-state index in [1.54, 1.807) is 0 Å². The SMILES string of the molecule is COc1cc([N+](=O)[O-])c(CO)cc1O.COc1cc([N+](=O)[O-])c(COC(=O)Oc2ccc([N+](=O)[O-])cc2)cc1O.O=C(Cl)Oc1ccc([N+](=O)[O-])cc1. The fourth-order valence-electron chi connectivity index (χ4n) is 3.74. The van der Waals surface area contributed by atoms with Crippen LogP contribution in [0.4, 0.5) is 32.3 Å². The highest BCUT2D eigenvalue weighted by atomic mass is 35.5. The summed E-state index contributed by atoms with van der Waals surface area (Å²) < 4.78 is 23.5. The van der Waals surface area contributed by atoms with Crippen molar-refractivity contribution in [1.82, 2.24) is 0 Å². The van der Waals surface area contributed by atoms with Crippen LogP contribution >= 0.6 is 11.6 Å². The molecule has 0 aliphatic rings. The van der Waals surface area contributed by atoms with Crippen molar-refractivity contribution in [2.75, 3.05) is 14.2 Å². The molecule has 22 nitrogen and oxygen atoms in total. The number of aliphatic hydroxyl groups is 1. The lowest BCUT2D eigenvalue weighted by Crippen LogP contribution is -2.11. The van der Waals surface area contributed by atoms with E-state index in [0.717, 1.165) is 36.4 Å². The number of aliphatic hydroxyl groups excluding tert-OH is 1. The Morgan fingerprint density at radius 1 is 0.642 bits per heavy atom. The van der Waals surface area contributed by atoms with Gasteiger partial charge in [-0.1, -0.05) is 0 Å². The van der Waals surface area contributed by atoms with Gasteiger partial charge in [0, 0.05) is 35.9 Å². The van der Waals surface area contributed by atoms with Crippen LogP contribution in [0.15, 0.2) is 72.8 Å². The molecule has 0 saturated heterocycles. The number of nitrogens with zero attached hydrogens (tertiary/aromatic N) is 4. The normalized spacial score (nSPS) is 9.81. The van der Waals surface area contributed by atoms with Crippen molar-refractivity contribution in [1.29, 1.82) is 0 Å². The van der Waals surface area contributed by atoms with Crippen LogP contribution < -0.4 is 18.9 Å². The van der Waals surface area contributed by atoms with Crippen LogP contribution in [0.1, 0.15) is 11.1 Å². The Bertz CT molecular complexity index is 1970. The molecule has 0 heterocycles. The molecule has 23 heteroatoms. The average Bonchev–Trinajstić information content (AvgIpc) is 3.11. The van der Waals surface area contributed by atoms with Gasteiger partial charge < -0.3 is 39.0 Å². The largest absolute Gasteiger partial charge is 0.514 e. The number of halogens is 1. The maximum Gasteiger partial charge on any atom is 0.514 e. The van der Waals surface area contributed by atoms with Gasteiger partial charge in [-0.2, -0.15) is 0 Å². The number of methoxy groups -OCH3 is 2. The lowest BCUT2D eigenvalue weighted by molar-refractivity contribution is -0.386. The van der Waals surface area contributed by atoms with Gasteiger partial charge in [-0.15, -0.1) is 0 Å². The summed E-state index contributed by atoms with van der Waals surface area (Å²) in [6.07, 6.45) is -1.18. The second-order valence-electron chi connectivity index (χ2n) is 9.46. The number of rotatable bonds is 11. The number of benzene rings is 4. The maximum atomic E-state index is 11.7. The molecule has 0 bridgehead atoms. The van der Waals surface area contributed by atoms with E-state index in [4.69, 9.17) is 35.7 Å². The quantitative estimate of drug-likeness (QED) is 0.0513. The van der Waals surface area contributed by atoms with Crippen molar-refractivity contribution in [2.24, 2.45) is 0 Å². The third-order valence-electron chi connectivity index (χ3n) is 6.16. The first-order chi connectivity index (χ1) is 25.0. The van der Waals surface area contributed by atoms with E-state index in [1.807, 2.05) is 0 Å². The molecule has 4 rings (SSSR count). The number of nitro benzene ring substituents is 4. The van der Waals surface area contributed by atoms with Gasteiger partial charge in [-0.3, -0.25) is 40.5 Å². The van der Waals surface area contributed by atoms with Crippen molar-refractivity contribution in [2.45, 2.75) is 13.2 Å². The first-order valence-corrected chi connectivity index (χ1v) is 14.3. The summed E-state index contributed by atoms with van der Waals surface area (Å²) in [4.78, 5) is 61.7. The maximum absolute atomic E-state index is 11.7. The lowest BCUT2D eigenvalue weighted by atomic mass is 10.1. The van der Waals surface area contributed by atoms with Gasteiger partial charge in [0.2, 0.25) is 0 Å². The van der Waals surface area contributed by atoms with Gasteiger partial charge in [-0.25, -0.2) is 9.59 Å². The molecule has 53 heavy (non-hydrogen) atoms. The van der Waals surface area contributed by atoms with Crippen LogP contribution in [0, 0.1) is 40.5 Å². The molecule has 0 saturated carbocycles. The number of nitro groups is 4. The summed E-state index contributed by atoms with van der Waals surface area (Å²) in [5.41, 5.74) is -1.95. The van der Waals surface area contributed by atoms with E-state index in [1.165, 1.54) is 50.6 Å². The standard InChI is InChI=1S/C15H12N2O9.C8H9NO5.C7H4ClNO4/c1-24-14-7-12(17(22)23)9(6-13(14)18)8-25-15(19)26-11-4-2-10(3-5-11)16(20)21;1-14-8-3-6(9(12)13)5(4-10)2-7(8)11;8-7(10)13-6-3-1-5(2-4-6)9(11)12/h2-7,18H,8H2,1H3;2-3,10-11H,4H2,1H3;1-4H. The van der Waals surface area contributed by atoms with Gasteiger partial charge >= 0.3 is 11.6 Å². The van der Waals surface area contributed by atoms with Crippen LogP contribution in [0.25, 0.3) is 0 Å². The van der Waals surface area contributed by atoms with E-state index in [9.17, 15) is 60.3 Å².